The highest BCUT2D eigenvalue weighted by Crippen LogP contribution is 2.37. The molecule has 1 amide bonds. The molecular weight excluding hydrogens is 333 g/mol. The maximum atomic E-state index is 13.4. The van der Waals surface area contributed by atoms with E-state index in [2.05, 4.69) is 15.6 Å². The van der Waals surface area contributed by atoms with Gasteiger partial charge in [0.15, 0.2) is 5.69 Å². The number of amides is 1. The molecule has 5 nitrogen and oxygen atoms in total. The number of likely N-dealkylation sites (N-methyl/N-ethyl adjacent to an activating group) is 1. The molecule has 1 saturated heterocycles. The van der Waals surface area contributed by atoms with E-state index in [1.165, 1.54) is 11.0 Å². The molecule has 0 bridgehead atoms. The van der Waals surface area contributed by atoms with Crippen molar-refractivity contribution in [1.82, 2.24) is 10.3 Å². The molecule has 2 aromatic rings. The Bertz CT molecular complexity index is 760. The molecule has 2 heterocycles. The average molecular weight is 350 g/mol. The van der Waals surface area contributed by atoms with Gasteiger partial charge in [0.25, 0.3) is 5.91 Å². The number of aromatic nitrogens is 1. The molecule has 132 valence electrons. The van der Waals surface area contributed by atoms with Crippen LogP contribution in [0, 0.1) is 0 Å². The van der Waals surface area contributed by atoms with E-state index in [9.17, 15) is 18.0 Å². The lowest BCUT2D eigenvalue weighted by Gasteiger charge is -2.38. The predicted octanol–water partition coefficient (Wildman–Crippen LogP) is 2.76. The molecular formula is C17H17F3N4O. The Morgan fingerprint density at radius 1 is 1.24 bits per heavy atom. The molecule has 0 atom stereocenters. The van der Waals surface area contributed by atoms with Crippen molar-refractivity contribution in [2.45, 2.75) is 12.2 Å². The molecule has 1 aliphatic rings. The van der Waals surface area contributed by atoms with Crippen LogP contribution in [0.25, 0.3) is 0 Å². The molecule has 0 radical (unpaired) electrons. The SMILES string of the molecule is CN(c1c(C(=O)Nc2ccccc2)ccnc1C(F)(F)F)C1CNC1. The van der Waals surface area contributed by atoms with Crippen molar-refractivity contribution >= 4 is 17.3 Å². The molecule has 1 aromatic heterocycles. The van der Waals surface area contributed by atoms with Gasteiger partial charge in [0.2, 0.25) is 0 Å². The lowest BCUT2D eigenvalue weighted by molar-refractivity contribution is -0.140. The van der Waals surface area contributed by atoms with E-state index in [4.69, 9.17) is 0 Å². The summed E-state index contributed by atoms with van der Waals surface area (Å²) in [5, 5.41) is 5.65. The Kier molecular flexibility index (Phi) is 4.63. The first kappa shape index (κ1) is 17.2. The summed E-state index contributed by atoms with van der Waals surface area (Å²) in [4.78, 5) is 17.6. The zero-order valence-corrected chi connectivity index (χ0v) is 13.5. The van der Waals surface area contributed by atoms with Gasteiger partial charge in [0.05, 0.1) is 17.3 Å². The van der Waals surface area contributed by atoms with Crippen molar-refractivity contribution < 1.29 is 18.0 Å². The van der Waals surface area contributed by atoms with Crippen molar-refractivity contribution in [3.63, 3.8) is 0 Å². The standard InChI is InChI=1S/C17H17F3N4O/c1-24(12-9-21-10-12)14-13(7-8-22-15(14)17(18,19)20)16(25)23-11-5-3-2-4-6-11/h2-8,12,21H,9-10H2,1H3,(H,23,25). The number of pyridine rings is 1. The number of hydrogen-bond acceptors (Lipinski definition) is 4. The van der Waals surface area contributed by atoms with Gasteiger partial charge in [-0.2, -0.15) is 13.2 Å². The quantitative estimate of drug-likeness (QED) is 0.890. The van der Waals surface area contributed by atoms with Crippen LogP contribution < -0.4 is 15.5 Å². The zero-order valence-electron chi connectivity index (χ0n) is 13.5. The highest BCUT2D eigenvalue weighted by atomic mass is 19.4. The van der Waals surface area contributed by atoms with Crippen molar-refractivity contribution in [1.29, 1.82) is 0 Å². The summed E-state index contributed by atoms with van der Waals surface area (Å²) in [5.74, 6) is -0.603. The molecule has 1 aromatic carbocycles. The summed E-state index contributed by atoms with van der Waals surface area (Å²) in [6, 6.07) is 9.78. The molecule has 0 spiro atoms. The van der Waals surface area contributed by atoms with Crippen LogP contribution in [0.5, 0.6) is 0 Å². The van der Waals surface area contributed by atoms with Gasteiger partial charge in [0, 0.05) is 32.0 Å². The predicted molar refractivity (Wildman–Crippen MR) is 88.7 cm³/mol. The first-order valence-electron chi connectivity index (χ1n) is 7.74. The average Bonchev–Trinajstić information content (AvgIpc) is 2.52. The van der Waals surface area contributed by atoms with Crippen LogP contribution in [0.1, 0.15) is 16.1 Å². The summed E-state index contributed by atoms with van der Waals surface area (Å²) in [7, 11) is 1.55. The molecule has 25 heavy (non-hydrogen) atoms. The van der Waals surface area contributed by atoms with E-state index in [-0.39, 0.29) is 17.3 Å². The number of nitrogens with one attached hydrogen (secondary N) is 2. The van der Waals surface area contributed by atoms with Crippen LogP contribution >= 0.6 is 0 Å². The minimum Gasteiger partial charge on any atom is -0.367 e. The fourth-order valence-electron chi connectivity index (χ4n) is 2.65. The number of nitrogens with zero attached hydrogens (tertiary/aromatic N) is 2. The van der Waals surface area contributed by atoms with E-state index in [1.807, 2.05) is 0 Å². The number of anilines is 2. The fourth-order valence-corrected chi connectivity index (χ4v) is 2.65. The Labute approximate surface area is 142 Å². The first-order chi connectivity index (χ1) is 11.9. The summed E-state index contributed by atoms with van der Waals surface area (Å²) in [6.45, 7) is 1.12. The third kappa shape index (κ3) is 3.58. The third-order valence-electron chi connectivity index (χ3n) is 4.13. The number of halogens is 3. The third-order valence-corrected chi connectivity index (χ3v) is 4.13. The summed E-state index contributed by atoms with van der Waals surface area (Å²) in [6.07, 6.45) is -3.64. The van der Waals surface area contributed by atoms with E-state index in [0.717, 1.165) is 6.20 Å². The highest BCUT2D eigenvalue weighted by Gasteiger charge is 2.40. The van der Waals surface area contributed by atoms with E-state index < -0.39 is 17.8 Å². The van der Waals surface area contributed by atoms with Crippen LogP contribution in [0.15, 0.2) is 42.6 Å². The van der Waals surface area contributed by atoms with Crippen molar-refractivity contribution in [3.8, 4) is 0 Å². The van der Waals surface area contributed by atoms with E-state index in [1.54, 1.807) is 37.4 Å². The molecule has 2 N–H and O–H groups in total. The number of para-hydroxylation sites is 1. The van der Waals surface area contributed by atoms with Gasteiger partial charge in [0.1, 0.15) is 0 Å². The lowest BCUT2D eigenvalue weighted by Crippen LogP contribution is -2.56. The largest absolute Gasteiger partial charge is 0.435 e. The second-order valence-electron chi connectivity index (χ2n) is 5.80. The normalized spacial score (nSPS) is 14.7. The van der Waals surface area contributed by atoms with Crippen molar-refractivity contribution in [2.75, 3.05) is 30.4 Å². The summed E-state index contributed by atoms with van der Waals surface area (Å²) in [5.41, 5.74) is -0.796. The lowest BCUT2D eigenvalue weighted by atomic mass is 10.1. The van der Waals surface area contributed by atoms with Gasteiger partial charge in [-0.3, -0.25) is 4.79 Å². The minimum absolute atomic E-state index is 0.0550. The van der Waals surface area contributed by atoms with Crippen LogP contribution in [-0.2, 0) is 6.18 Å². The number of carbonyl (C=O) groups excluding carboxylic acids is 1. The highest BCUT2D eigenvalue weighted by molar-refractivity contribution is 6.08. The minimum atomic E-state index is -4.65. The molecule has 0 aliphatic carbocycles. The Hall–Kier alpha value is -2.61. The van der Waals surface area contributed by atoms with Crippen molar-refractivity contribution in [3.05, 3.63) is 53.9 Å². The number of hydrogen-bond donors (Lipinski definition) is 2. The molecule has 1 aliphatic heterocycles. The van der Waals surface area contributed by atoms with Gasteiger partial charge >= 0.3 is 6.18 Å². The number of alkyl halides is 3. The Balaban J connectivity index is 2.01. The fraction of sp³-hybridized carbons (Fsp3) is 0.294. The Morgan fingerprint density at radius 2 is 1.92 bits per heavy atom. The van der Waals surface area contributed by atoms with E-state index in [0.29, 0.717) is 18.8 Å². The van der Waals surface area contributed by atoms with Gasteiger partial charge in [-0.25, -0.2) is 4.98 Å². The number of rotatable bonds is 4. The van der Waals surface area contributed by atoms with Gasteiger partial charge in [-0.15, -0.1) is 0 Å². The maximum Gasteiger partial charge on any atom is 0.435 e. The summed E-state index contributed by atoms with van der Waals surface area (Å²) < 4.78 is 40.3. The number of benzene rings is 1. The molecule has 3 rings (SSSR count). The summed E-state index contributed by atoms with van der Waals surface area (Å²) >= 11 is 0. The smallest absolute Gasteiger partial charge is 0.367 e. The van der Waals surface area contributed by atoms with E-state index >= 15 is 0 Å². The molecule has 0 saturated carbocycles. The second-order valence-corrected chi connectivity index (χ2v) is 5.80. The molecule has 0 unspecified atom stereocenters. The molecule has 8 heteroatoms. The van der Waals surface area contributed by atoms with Crippen LogP contribution in [0.4, 0.5) is 24.5 Å². The Morgan fingerprint density at radius 3 is 2.48 bits per heavy atom. The van der Waals surface area contributed by atoms with Crippen LogP contribution in [-0.4, -0.2) is 37.1 Å². The topological polar surface area (TPSA) is 57.3 Å². The monoisotopic (exact) mass is 350 g/mol. The first-order valence-corrected chi connectivity index (χ1v) is 7.74. The van der Waals surface area contributed by atoms with Crippen molar-refractivity contribution in [2.24, 2.45) is 0 Å². The van der Waals surface area contributed by atoms with Crippen LogP contribution in [0.2, 0.25) is 0 Å². The number of carbonyl (C=O) groups is 1. The second kappa shape index (κ2) is 6.72. The zero-order chi connectivity index (χ0) is 18.0. The van der Waals surface area contributed by atoms with Gasteiger partial charge < -0.3 is 15.5 Å². The molecule has 1 fully saturated rings. The maximum absolute atomic E-state index is 13.4. The van der Waals surface area contributed by atoms with Crippen LogP contribution in [0.3, 0.4) is 0 Å². The van der Waals surface area contributed by atoms with Gasteiger partial charge in [-0.05, 0) is 18.2 Å². The van der Waals surface area contributed by atoms with Gasteiger partial charge in [-0.1, -0.05) is 18.2 Å².